The summed E-state index contributed by atoms with van der Waals surface area (Å²) in [6, 6.07) is 33.8. The van der Waals surface area contributed by atoms with Crippen LogP contribution in [0.25, 0.3) is 37.7 Å². The quantitative estimate of drug-likeness (QED) is 0.248. The number of thiazole rings is 1. The first kappa shape index (κ1) is 22.9. The van der Waals surface area contributed by atoms with Crippen LogP contribution < -0.4 is 5.56 Å². The van der Waals surface area contributed by atoms with E-state index in [9.17, 15) is 4.79 Å². The predicted molar refractivity (Wildman–Crippen MR) is 153 cm³/mol. The van der Waals surface area contributed by atoms with E-state index in [2.05, 4.69) is 30.2 Å². The van der Waals surface area contributed by atoms with Crippen LogP contribution in [-0.4, -0.2) is 20.5 Å². The van der Waals surface area contributed by atoms with Gasteiger partial charge in [-0.25, -0.2) is 9.67 Å². The smallest absolute Gasteiger partial charge is 0.280 e. The summed E-state index contributed by atoms with van der Waals surface area (Å²) in [5.74, 6) is 0. The summed E-state index contributed by atoms with van der Waals surface area (Å²) in [5.41, 5.74) is 7.60. The van der Waals surface area contributed by atoms with Gasteiger partial charge in [0.05, 0.1) is 38.6 Å². The standard InChI is InChI=1S/C31H24N4OS/c1-20-13-18-26-27(19-20)37-30(33-26)23-14-16-24(17-15-23)32-21(2)28-29(22-9-5-3-6-10-22)34-35(31(28)36)25-11-7-4-8-12-25/h3-19,34H,1-2H3. The van der Waals surface area contributed by atoms with Crippen LogP contribution in [0.4, 0.5) is 5.69 Å². The number of H-pyrrole nitrogens is 1. The van der Waals surface area contributed by atoms with Gasteiger partial charge in [0.1, 0.15) is 5.01 Å². The number of aromatic nitrogens is 3. The third kappa shape index (κ3) is 4.43. The molecule has 0 aliphatic carbocycles. The molecule has 0 fully saturated rings. The summed E-state index contributed by atoms with van der Waals surface area (Å²) in [6.45, 7) is 3.98. The van der Waals surface area contributed by atoms with Crippen LogP contribution in [0.3, 0.4) is 0 Å². The molecule has 6 rings (SSSR count). The molecule has 0 radical (unpaired) electrons. The molecule has 0 saturated carbocycles. The Labute approximate surface area is 218 Å². The highest BCUT2D eigenvalue weighted by molar-refractivity contribution is 7.21. The Morgan fingerprint density at radius 3 is 2.30 bits per heavy atom. The molecule has 4 aromatic carbocycles. The van der Waals surface area contributed by atoms with Gasteiger partial charge in [-0.3, -0.25) is 14.9 Å². The number of benzene rings is 4. The lowest BCUT2D eigenvalue weighted by Crippen LogP contribution is -2.19. The number of nitrogens with one attached hydrogen (secondary N) is 1. The van der Waals surface area contributed by atoms with Crippen molar-refractivity contribution < 1.29 is 0 Å². The monoisotopic (exact) mass is 500 g/mol. The Kier molecular flexibility index (Phi) is 5.87. The molecule has 0 bridgehead atoms. The van der Waals surface area contributed by atoms with Gasteiger partial charge < -0.3 is 0 Å². The molecule has 0 aliphatic heterocycles. The van der Waals surface area contributed by atoms with E-state index in [0.29, 0.717) is 11.3 Å². The zero-order valence-electron chi connectivity index (χ0n) is 20.5. The lowest BCUT2D eigenvalue weighted by Gasteiger charge is -2.03. The highest BCUT2D eigenvalue weighted by atomic mass is 32.1. The normalized spacial score (nSPS) is 11.8. The molecule has 0 aliphatic rings. The Morgan fingerprint density at radius 1 is 0.865 bits per heavy atom. The molecule has 0 spiro atoms. The summed E-state index contributed by atoms with van der Waals surface area (Å²) in [4.78, 5) is 23.2. The van der Waals surface area contributed by atoms with E-state index < -0.39 is 0 Å². The van der Waals surface area contributed by atoms with Crippen LogP contribution in [0.15, 0.2) is 113 Å². The molecule has 37 heavy (non-hydrogen) atoms. The minimum atomic E-state index is -0.132. The van der Waals surface area contributed by atoms with Gasteiger partial charge in [-0.2, -0.15) is 0 Å². The second kappa shape index (κ2) is 9.48. The molecular formula is C31H24N4OS. The average molecular weight is 501 g/mol. The predicted octanol–water partition coefficient (Wildman–Crippen LogP) is 7.56. The van der Waals surface area contributed by atoms with Crippen molar-refractivity contribution in [1.82, 2.24) is 14.8 Å². The van der Waals surface area contributed by atoms with Crippen molar-refractivity contribution >= 4 is 33.0 Å². The molecule has 1 N–H and O–H groups in total. The van der Waals surface area contributed by atoms with Crippen LogP contribution in [-0.2, 0) is 0 Å². The van der Waals surface area contributed by atoms with Crippen molar-refractivity contribution in [3.05, 3.63) is 125 Å². The number of aromatic amines is 1. The molecule has 6 aromatic rings. The van der Waals surface area contributed by atoms with Crippen LogP contribution in [0.2, 0.25) is 0 Å². The van der Waals surface area contributed by atoms with Crippen molar-refractivity contribution in [2.45, 2.75) is 13.8 Å². The summed E-state index contributed by atoms with van der Waals surface area (Å²) >= 11 is 1.69. The van der Waals surface area contributed by atoms with Gasteiger partial charge in [-0.15, -0.1) is 11.3 Å². The zero-order chi connectivity index (χ0) is 25.4. The molecule has 0 saturated heterocycles. The third-order valence-electron chi connectivity index (χ3n) is 6.28. The van der Waals surface area contributed by atoms with Gasteiger partial charge in [0.15, 0.2) is 0 Å². The first-order chi connectivity index (χ1) is 18.1. The molecule has 2 heterocycles. The van der Waals surface area contributed by atoms with Crippen molar-refractivity contribution in [3.63, 3.8) is 0 Å². The van der Waals surface area contributed by atoms with Gasteiger partial charge in [0, 0.05) is 11.1 Å². The molecule has 0 unspecified atom stereocenters. The Hall–Kier alpha value is -4.55. The van der Waals surface area contributed by atoms with Gasteiger partial charge >= 0.3 is 0 Å². The fraction of sp³-hybridized carbons (Fsp3) is 0.0645. The Balaban J connectivity index is 1.39. The summed E-state index contributed by atoms with van der Waals surface area (Å²) < 4.78 is 2.76. The number of nitrogens with zero attached hydrogens (tertiary/aromatic N) is 3. The largest absolute Gasteiger partial charge is 0.290 e. The second-order valence-corrected chi connectivity index (χ2v) is 9.97. The highest BCUT2D eigenvalue weighted by Crippen LogP contribution is 2.32. The highest BCUT2D eigenvalue weighted by Gasteiger charge is 2.19. The topological polar surface area (TPSA) is 63.0 Å². The van der Waals surface area contributed by atoms with Crippen LogP contribution in [0, 0.1) is 6.92 Å². The second-order valence-electron chi connectivity index (χ2n) is 8.94. The molecule has 0 amide bonds. The number of hydrogen-bond donors (Lipinski definition) is 1. The SMILES string of the molecule is CC(=Nc1ccc(-c2nc3ccc(C)cc3s2)cc1)c1c(-c2ccccc2)[nH]n(-c2ccccc2)c1=O. The van der Waals surface area contributed by atoms with E-state index in [1.54, 1.807) is 16.0 Å². The average Bonchev–Trinajstić information content (AvgIpc) is 3.51. The molecule has 2 aromatic heterocycles. The number of aryl methyl sites for hydroxylation is 1. The van der Waals surface area contributed by atoms with Gasteiger partial charge in [0.2, 0.25) is 0 Å². The molecular weight excluding hydrogens is 476 g/mol. The lowest BCUT2D eigenvalue weighted by molar-refractivity contribution is 0.852. The fourth-order valence-electron chi connectivity index (χ4n) is 4.43. The fourth-order valence-corrected chi connectivity index (χ4v) is 5.50. The maximum Gasteiger partial charge on any atom is 0.280 e. The maximum atomic E-state index is 13.6. The maximum absolute atomic E-state index is 13.6. The summed E-state index contributed by atoms with van der Waals surface area (Å²) in [6.07, 6.45) is 0. The van der Waals surface area contributed by atoms with E-state index in [1.165, 1.54) is 10.3 Å². The third-order valence-corrected chi connectivity index (χ3v) is 7.35. The first-order valence-corrected chi connectivity index (χ1v) is 12.9. The van der Waals surface area contributed by atoms with Crippen LogP contribution in [0.5, 0.6) is 0 Å². The molecule has 5 nitrogen and oxygen atoms in total. The summed E-state index contributed by atoms with van der Waals surface area (Å²) in [7, 11) is 0. The molecule has 6 heteroatoms. The van der Waals surface area contributed by atoms with Crippen molar-refractivity contribution in [2.75, 3.05) is 0 Å². The van der Waals surface area contributed by atoms with Gasteiger partial charge in [-0.05, 0) is 67.9 Å². The number of fused-ring (bicyclic) bond motifs is 1. The first-order valence-electron chi connectivity index (χ1n) is 12.1. The molecule has 180 valence electrons. The molecule has 0 atom stereocenters. The van der Waals surface area contributed by atoms with Crippen molar-refractivity contribution in [2.24, 2.45) is 4.99 Å². The number of para-hydroxylation sites is 1. The van der Waals surface area contributed by atoms with E-state index in [1.807, 2.05) is 91.9 Å². The van der Waals surface area contributed by atoms with E-state index >= 15 is 0 Å². The Morgan fingerprint density at radius 2 is 1.57 bits per heavy atom. The lowest BCUT2D eigenvalue weighted by atomic mass is 10.1. The van der Waals surface area contributed by atoms with Crippen LogP contribution in [0.1, 0.15) is 18.1 Å². The number of rotatable bonds is 5. The summed E-state index contributed by atoms with van der Waals surface area (Å²) in [5, 5.41) is 4.30. The van der Waals surface area contributed by atoms with E-state index in [-0.39, 0.29) is 5.56 Å². The Bertz CT molecular complexity index is 1790. The van der Waals surface area contributed by atoms with E-state index in [0.717, 1.165) is 38.7 Å². The van der Waals surface area contributed by atoms with E-state index in [4.69, 9.17) is 9.98 Å². The minimum Gasteiger partial charge on any atom is -0.290 e. The van der Waals surface area contributed by atoms with Gasteiger partial charge in [0.25, 0.3) is 5.56 Å². The van der Waals surface area contributed by atoms with Crippen molar-refractivity contribution in [1.29, 1.82) is 0 Å². The minimum absolute atomic E-state index is 0.132. The van der Waals surface area contributed by atoms with Gasteiger partial charge in [-0.1, -0.05) is 54.6 Å². The van der Waals surface area contributed by atoms with Crippen molar-refractivity contribution in [3.8, 4) is 27.5 Å². The number of hydrogen-bond acceptors (Lipinski definition) is 4. The van der Waals surface area contributed by atoms with Crippen LogP contribution >= 0.6 is 11.3 Å². The zero-order valence-corrected chi connectivity index (χ0v) is 21.3. The number of aliphatic imine (C=N–C) groups is 1.